The number of benzene rings is 1. The second-order valence-electron chi connectivity index (χ2n) is 7.32. The third-order valence-corrected chi connectivity index (χ3v) is 6.76. The molecule has 31 heavy (non-hydrogen) atoms. The fraction of sp³-hybridized carbons (Fsp3) is 0.389. The molecule has 13 heteroatoms. The average Bonchev–Trinajstić information content (AvgIpc) is 2.95. The molecule has 4 rings (SSSR count). The first-order valence-corrected chi connectivity index (χ1v) is 11.1. The van der Waals surface area contributed by atoms with Crippen LogP contribution < -0.4 is 21.3 Å². The Bertz CT molecular complexity index is 1250. The number of rotatable bonds is 6. The summed E-state index contributed by atoms with van der Waals surface area (Å²) in [5.74, 6) is -0.182. The van der Waals surface area contributed by atoms with Gasteiger partial charge in [-0.2, -0.15) is 9.71 Å². The molecule has 0 aromatic heterocycles. The summed E-state index contributed by atoms with van der Waals surface area (Å²) in [5.41, 5.74) is 2.16. The van der Waals surface area contributed by atoms with Crippen molar-refractivity contribution in [3.63, 3.8) is 0 Å². The molecule has 1 saturated heterocycles. The summed E-state index contributed by atoms with van der Waals surface area (Å²) in [6.07, 6.45) is 0. The molecule has 0 bridgehead atoms. The first-order valence-electron chi connectivity index (χ1n) is 9.63. The van der Waals surface area contributed by atoms with Gasteiger partial charge in [-0.15, -0.1) is 0 Å². The van der Waals surface area contributed by atoms with Crippen molar-refractivity contribution in [1.29, 1.82) is 0 Å². The Balaban J connectivity index is 1.58. The van der Waals surface area contributed by atoms with E-state index in [0.717, 1.165) is 20.9 Å². The summed E-state index contributed by atoms with van der Waals surface area (Å²) < 4.78 is 24.8. The van der Waals surface area contributed by atoms with Crippen LogP contribution in [0.5, 0.6) is 0 Å². The lowest BCUT2D eigenvalue weighted by molar-refractivity contribution is -0.124. The van der Waals surface area contributed by atoms with Gasteiger partial charge in [0.15, 0.2) is 11.5 Å². The lowest BCUT2D eigenvalue weighted by Gasteiger charge is -2.35. The summed E-state index contributed by atoms with van der Waals surface area (Å²) in [4.78, 5) is 46.4. The maximum Gasteiger partial charge on any atom is 0.349 e. The predicted octanol–water partition coefficient (Wildman–Crippen LogP) is -0.197. The highest BCUT2D eigenvalue weighted by Crippen LogP contribution is 2.41. The minimum Gasteiger partial charge on any atom is -0.321 e. The summed E-state index contributed by atoms with van der Waals surface area (Å²) in [5, 5.41) is 3.14. The van der Waals surface area contributed by atoms with Crippen molar-refractivity contribution in [3.8, 4) is 11.5 Å². The van der Waals surface area contributed by atoms with Crippen molar-refractivity contribution in [3.05, 3.63) is 44.1 Å². The Morgan fingerprint density at radius 2 is 1.81 bits per heavy atom. The van der Waals surface area contributed by atoms with Crippen LogP contribution >= 0.6 is 11.0 Å². The summed E-state index contributed by atoms with van der Waals surface area (Å²) in [6, 6.07) is 3.82. The van der Waals surface area contributed by atoms with Crippen LogP contribution in [-0.4, -0.2) is 65.0 Å². The van der Waals surface area contributed by atoms with Gasteiger partial charge in [-0.1, -0.05) is 11.0 Å². The van der Waals surface area contributed by atoms with Crippen LogP contribution in [0.3, 0.4) is 0 Å². The van der Waals surface area contributed by atoms with Gasteiger partial charge in [-0.05, 0) is 37.1 Å². The molecule has 166 valence electrons. The van der Waals surface area contributed by atoms with Crippen molar-refractivity contribution >= 4 is 27.9 Å². The predicted molar refractivity (Wildman–Crippen MR) is 116 cm³/mol. The molecule has 5 N–H and O–H groups in total. The number of hydrogen-bond acceptors (Lipinski definition) is 9. The molecule has 0 atom stereocenters. The number of nitrogens with zero attached hydrogens (tertiary/aromatic N) is 4. The number of H-pyrrole nitrogens is 1. The number of nitrogens with one attached hydrogen (secondary N) is 3. The van der Waals surface area contributed by atoms with E-state index in [1.54, 1.807) is 4.57 Å². The fourth-order valence-electron chi connectivity index (χ4n) is 3.49. The van der Waals surface area contributed by atoms with Crippen molar-refractivity contribution in [2.75, 3.05) is 26.2 Å². The van der Waals surface area contributed by atoms with E-state index >= 15 is 0 Å². The Hall–Kier alpha value is -2.84. The molecule has 3 aliphatic rings. The van der Waals surface area contributed by atoms with E-state index in [9.17, 15) is 23.5 Å². The molecular weight excluding hydrogens is 426 g/mol. The number of amides is 1. The Morgan fingerprint density at radius 3 is 2.52 bits per heavy atom. The largest absolute Gasteiger partial charge is 0.349 e. The second kappa shape index (κ2) is 8.01. The Kier molecular flexibility index (Phi) is 5.53. The monoisotopic (exact) mass is 449 g/mol. The van der Waals surface area contributed by atoms with E-state index < -0.39 is 22.2 Å². The topological polar surface area (TPSA) is 165 Å². The highest BCUT2D eigenvalue weighted by molar-refractivity contribution is 8.21. The standard InChI is InChI=1S/C18H23N7O5S/c1-10-7-12-13(8-11(10)2)24(16-15(21-12)17(27)23-18(28)22-16)5-3-19-4-6-25-14(26)9-20-31(25,29)30/h7-8,19-20,29-30H,3-6,9H2,1-2H3,(H,23,27,28). The van der Waals surface area contributed by atoms with E-state index in [1.807, 2.05) is 26.0 Å². The van der Waals surface area contributed by atoms with Gasteiger partial charge in [-0.25, -0.2) is 14.1 Å². The molecule has 0 unspecified atom stereocenters. The van der Waals surface area contributed by atoms with E-state index in [4.69, 9.17) is 0 Å². The maximum absolute atomic E-state index is 12.3. The first kappa shape index (κ1) is 21.4. The van der Waals surface area contributed by atoms with Gasteiger partial charge >= 0.3 is 5.69 Å². The zero-order valence-electron chi connectivity index (χ0n) is 17.0. The van der Waals surface area contributed by atoms with Gasteiger partial charge in [-0.3, -0.25) is 23.7 Å². The van der Waals surface area contributed by atoms with Crippen LogP contribution in [0.15, 0.2) is 21.7 Å². The van der Waals surface area contributed by atoms with E-state index in [1.165, 1.54) is 0 Å². The maximum atomic E-state index is 12.3. The van der Waals surface area contributed by atoms with Gasteiger partial charge in [0.25, 0.3) is 11.5 Å². The summed E-state index contributed by atoms with van der Waals surface area (Å²) in [7, 11) is -3.25. The third-order valence-electron chi connectivity index (χ3n) is 5.23. The Morgan fingerprint density at radius 1 is 1.10 bits per heavy atom. The van der Waals surface area contributed by atoms with Crippen LogP contribution in [0.4, 0.5) is 0 Å². The van der Waals surface area contributed by atoms with Crippen LogP contribution in [-0.2, 0) is 11.3 Å². The average molecular weight is 449 g/mol. The number of hydrogen-bond donors (Lipinski definition) is 5. The van der Waals surface area contributed by atoms with Crippen LogP contribution in [0.2, 0.25) is 0 Å². The molecule has 0 saturated carbocycles. The molecule has 1 fully saturated rings. The smallest absolute Gasteiger partial charge is 0.321 e. The lowest BCUT2D eigenvalue weighted by atomic mass is 10.1. The van der Waals surface area contributed by atoms with Gasteiger partial charge in [0, 0.05) is 19.6 Å². The molecule has 3 heterocycles. The minimum absolute atomic E-state index is 0.0815. The summed E-state index contributed by atoms with van der Waals surface area (Å²) >= 11 is 0. The van der Waals surface area contributed by atoms with Gasteiger partial charge in [0.05, 0.1) is 24.1 Å². The SMILES string of the molecule is Cc1cc2nc3c(=O)[nH]c(=O)nc-3n(CCNCCN3C(=O)CNS3(O)O)c2cc1C. The van der Waals surface area contributed by atoms with Crippen molar-refractivity contribution in [2.45, 2.75) is 20.4 Å². The summed E-state index contributed by atoms with van der Waals surface area (Å²) in [6.45, 7) is 5.05. The number of aryl methyl sites for hydroxylation is 2. The van der Waals surface area contributed by atoms with Gasteiger partial charge in [0.1, 0.15) is 0 Å². The second-order valence-corrected chi connectivity index (χ2v) is 9.08. The molecule has 12 nitrogen and oxygen atoms in total. The lowest BCUT2D eigenvalue weighted by Crippen LogP contribution is -2.36. The van der Waals surface area contributed by atoms with Crippen LogP contribution in [0.1, 0.15) is 11.1 Å². The molecule has 0 radical (unpaired) electrons. The molecule has 0 aliphatic carbocycles. The highest BCUT2D eigenvalue weighted by Gasteiger charge is 2.34. The van der Waals surface area contributed by atoms with E-state index in [2.05, 4.69) is 25.0 Å². The number of fused-ring (bicyclic) bond motifs is 2. The van der Waals surface area contributed by atoms with Crippen LogP contribution in [0.25, 0.3) is 22.6 Å². The number of carbonyl (C=O) groups excluding carboxylic acids is 1. The number of aromatic amines is 1. The van der Waals surface area contributed by atoms with Crippen LogP contribution in [0, 0.1) is 13.8 Å². The molecular formula is C18H23N7O5S. The number of carbonyl (C=O) groups is 1. The van der Waals surface area contributed by atoms with E-state index in [0.29, 0.717) is 25.2 Å². The van der Waals surface area contributed by atoms with Crippen molar-refractivity contribution in [2.24, 2.45) is 0 Å². The molecule has 1 aromatic rings. The zero-order chi connectivity index (χ0) is 22.3. The van der Waals surface area contributed by atoms with Gasteiger partial charge in [0.2, 0.25) is 0 Å². The first-order chi connectivity index (χ1) is 14.7. The van der Waals surface area contributed by atoms with Crippen molar-refractivity contribution < 1.29 is 13.9 Å². The van der Waals surface area contributed by atoms with E-state index in [-0.39, 0.29) is 30.5 Å². The molecule has 1 amide bonds. The highest BCUT2D eigenvalue weighted by atomic mass is 32.3. The normalized spacial score (nSPS) is 17.0. The molecule has 0 spiro atoms. The molecule has 1 aromatic carbocycles. The number of aromatic nitrogens is 4. The third kappa shape index (κ3) is 4.05. The fourth-order valence-corrected chi connectivity index (χ4v) is 4.66. The zero-order valence-corrected chi connectivity index (χ0v) is 17.8. The van der Waals surface area contributed by atoms with Gasteiger partial charge < -0.3 is 9.88 Å². The minimum atomic E-state index is -3.25. The Labute approximate surface area is 178 Å². The molecule has 3 aliphatic heterocycles. The quantitative estimate of drug-likeness (QED) is 0.253. The van der Waals surface area contributed by atoms with Crippen molar-refractivity contribution in [1.82, 2.24) is 33.9 Å².